The van der Waals surface area contributed by atoms with Crippen molar-refractivity contribution in [2.24, 2.45) is 0 Å². The van der Waals surface area contributed by atoms with Gasteiger partial charge < -0.3 is 10.2 Å². The van der Waals surface area contributed by atoms with Gasteiger partial charge in [-0.2, -0.15) is 0 Å². The highest BCUT2D eigenvalue weighted by Crippen LogP contribution is 2.36. The lowest BCUT2D eigenvalue weighted by molar-refractivity contribution is 0.469. The molecule has 0 saturated heterocycles. The first kappa shape index (κ1) is 12.0. The molecule has 1 aromatic carbocycles. The van der Waals surface area contributed by atoms with E-state index in [4.69, 9.17) is 0 Å². The van der Waals surface area contributed by atoms with E-state index in [0.717, 1.165) is 13.1 Å². The molecular formula is C16H19N3. The molecule has 1 aromatic heterocycles. The Morgan fingerprint density at radius 3 is 2.84 bits per heavy atom. The lowest BCUT2D eigenvalue weighted by atomic mass is 9.96. The van der Waals surface area contributed by atoms with Crippen molar-refractivity contribution in [3.63, 3.8) is 0 Å². The first-order valence-corrected chi connectivity index (χ1v) is 6.66. The van der Waals surface area contributed by atoms with E-state index in [2.05, 4.69) is 59.4 Å². The minimum atomic E-state index is 0.0875. The zero-order chi connectivity index (χ0) is 13.3. The molecule has 1 aliphatic rings. The molecule has 0 radical (unpaired) electrons. The van der Waals surface area contributed by atoms with Crippen molar-refractivity contribution in [1.82, 2.24) is 4.98 Å². The Labute approximate surface area is 114 Å². The molecule has 0 saturated carbocycles. The molecule has 0 aliphatic carbocycles. The average Bonchev–Trinajstić information content (AvgIpc) is 2.43. The second-order valence-corrected chi connectivity index (χ2v) is 5.63. The number of fused-ring (bicyclic) bond motifs is 1. The van der Waals surface area contributed by atoms with E-state index >= 15 is 0 Å². The van der Waals surface area contributed by atoms with Gasteiger partial charge >= 0.3 is 0 Å². The molecule has 2 aromatic rings. The second-order valence-electron chi connectivity index (χ2n) is 5.63. The topological polar surface area (TPSA) is 28.2 Å². The molecule has 0 unspecified atom stereocenters. The summed E-state index contributed by atoms with van der Waals surface area (Å²) in [6.07, 6.45) is 3.76. The Hall–Kier alpha value is -2.03. The first-order chi connectivity index (χ1) is 9.17. The van der Waals surface area contributed by atoms with Gasteiger partial charge in [0.1, 0.15) is 0 Å². The summed E-state index contributed by atoms with van der Waals surface area (Å²) in [4.78, 5) is 6.67. The fourth-order valence-electron chi connectivity index (χ4n) is 2.56. The fraction of sp³-hybridized carbons (Fsp3) is 0.312. The highest BCUT2D eigenvalue weighted by molar-refractivity contribution is 5.73. The smallest absolute Gasteiger partial charge is 0.0610 e. The normalized spacial score (nSPS) is 16.6. The van der Waals surface area contributed by atoms with Gasteiger partial charge in [0.2, 0.25) is 0 Å². The molecule has 98 valence electrons. The average molecular weight is 253 g/mol. The summed E-state index contributed by atoms with van der Waals surface area (Å²) in [7, 11) is 0. The van der Waals surface area contributed by atoms with Crippen LogP contribution in [0.15, 0.2) is 48.8 Å². The van der Waals surface area contributed by atoms with Gasteiger partial charge in [0.05, 0.1) is 16.9 Å². The SMILES string of the molecule is CC1(C)CNc2ccccc2N1Cc1cccnc1. The zero-order valence-electron chi connectivity index (χ0n) is 11.4. The molecule has 0 fully saturated rings. The maximum absolute atomic E-state index is 4.21. The number of nitrogens with one attached hydrogen (secondary N) is 1. The van der Waals surface area contributed by atoms with Crippen molar-refractivity contribution >= 4 is 11.4 Å². The number of para-hydroxylation sites is 2. The minimum absolute atomic E-state index is 0.0875. The predicted molar refractivity (Wildman–Crippen MR) is 79.4 cm³/mol. The van der Waals surface area contributed by atoms with E-state index in [1.807, 2.05) is 18.5 Å². The van der Waals surface area contributed by atoms with Gasteiger partial charge in [-0.25, -0.2) is 0 Å². The van der Waals surface area contributed by atoms with Gasteiger partial charge in [0, 0.05) is 25.5 Å². The molecule has 3 heteroatoms. The van der Waals surface area contributed by atoms with Gasteiger partial charge in [-0.15, -0.1) is 0 Å². The number of benzene rings is 1. The third kappa shape index (κ3) is 2.28. The molecule has 0 amide bonds. The van der Waals surface area contributed by atoms with Crippen LogP contribution in [0.4, 0.5) is 11.4 Å². The molecule has 2 heterocycles. The molecule has 3 nitrogen and oxygen atoms in total. The van der Waals surface area contributed by atoms with Crippen molar-refractivity contribution in [3.8, 4) is 0 Å². The standard InChI is InChI=1S/C16H19N3/c1-16(2)12-18-14-7-3-4-8-15(14)19(16)11-13-6-5-9-17-10-13/h3-10,18H,11-12H2,1-2H3. The summed E-state index contributed by atoms with van der Waals surface area (Å²) in [5.74, 6) is 0. The molecule has 1 N–H and O–H groups in total. The van der Waals surface area contributed by atoms with Crippen molar-refractivity contribution in [3.05, 3.63) is 54.4 Å². The van der Waals surface area contributed by atoms with Crippen LogP contribution < -0.4 is 10.2 Å². The summed E-state index contributed by atoms with van der Waals surface area (Å²) in [5.41, 5.74) is 3.81. The number of hydrogen-bond acceptors (Lipinski definition) is 3. The summed E-state index contributed by atoms with van der Waals surface area (Å²) in [6.45, 7) is 6.38. The summed E-state index contributed by atoms with van der Waals surface area (Å²) >= 11 is 0. The minimum Gasteiger partial charge on any atom is -0.381 e. The highest BCUT2D eigenvalue weighted by atomic mass is 15.3. The third-order valence-corrected chi connectivity index (χ3v) is 3.70. The maximum atomic E-state index is 4.21. The molecule has 3 rings (SSSR count). The Morgan fingerprint density at radius 2 is 2.05 bits per heavy atom. The molecule has 19 heavy (non-hydrogen) atoms. The van der Waals surface area contributed by atoms with Gasteiger partial charge in [0.15, 0.2) is 0 Å². The van der Waals surface area contributed by atoms with Crippen LogP contribution in [-0.4, -0.2) is 17.1 Å². The van der Waals surface area contributed by atoms with Crippen LogP contribution in [0.1, 0.15) is 19.4 Å². The largest absolute Gasteiger partial charge is 0.381 e. The van der Waals surface area contributed by atoms with E-state index in [0.29, 0.717) is 0 Å². The van der Waals surface area contributed by atoms with Gasteiger partial charge in [-0.3, -0.25) is 4.98 Å². The van der Waals surface area contributed by atoms with Crippen LogP contribution in [0.25, 0.3) is 0 Å². The van der Waals surface area contributed by atoms with E-state index in [1.165, 1.54) is 16.9 Å². The summed E-state index contributed by atoms with van der Waals surface area (Å²) in [5, 5.41) is 3.51. The van der Waals surface area contributed by atoms with E-state index < -0.39 is 0 Å². The summed E-state index contributed by atoms with van der Waals surface area (Å²) < 4.78 is 0. The van der Waals surface area contributed by atoms with E-state index in [1.54, 1.807) is 0 Å². The molecule has 0 spiro atoms. The van der Waals surface area contributed by atoms with Crippen LogP contribution in [0.3, 0.4) is 0 Å². The van der Waals surface area contributed by atoms with Gasteiger partial charge in [0.25, 0.3) is 0 Å². The Bertz CT molecular complexity index is 563. The molecule has 1 aliphatic heterocycles. The summed E-state index contributed by atoms with van der Waals surface area (Å²) in [6, 6.07) is 12.6. The fourth-order valence-corrected chi connectivity index (χ4v) is 2.56. The van der Waals surface area contributed by atoms with Crippen LogP contribution in [0.5, 0.6) is 0 Å². The van der Waals surface area contributed by atoms with Crippen LogP contribution in [0.2, 0.25) is 0 Å². The number of anilines is 2. The lowest BCUT2D eigenvalue weighted by Gasteiger charge is -2.45. The van der Waals surface area contributed by atoms with Crippen LogP contribution in [0, 0.1) is 0 Å². The number of aromatic nitrogens is 1. The molecule has 0 atom stereocenters. The number of hydrogen-bond donors (Lipinski definition) is 1. The lowest BCUT2D eigenvalue weighted by Crippen LogP contribution is -2.51. The zero-order valence-corrected chi connectivity index (χ0v) is 11.4. The first-order valence-electron chi connectivity index (χ1n) is 6.66. The van der Waals surface area contributed by atoms with Crippen molar-refractivity contribution in [2.75, 3.05) is 16.8 Å². The molecular weight excluding hydrogens is 234 g/mol. The van der Waals surface area contributed by atoms with Crippen molar-refractivity contribution < 1.29 is 0 Å². The Balaban J connectivity index is 1.97. The third-order valence-electron chi connectivity index (χ3n) is 3.70. The van der Waals surface area contributed by atoms with Crippen molar-refractivity contribution in [1.29, 1.82) is 0 Å². The quantitative estimate of drug-likeness (QED) is 0.890. The number of pyridine rings is 1. The molecule has 0 bridgehead atoms. The maximum Gasteiger partial charge on any atom is 0.0610 e. The van der Waals surface area contributed by atoms with Gasteiger partial charge in [-0.1, -0.05) is 18.2 Å². The van der Waals surface area contributed by atoms with Crippen molar-refractivity contribution in [2.45, 2.75) is 25.9 Å². The number of rotatable bonds is 2. The number of nitrogens with zero attached hydrogens (tertiary/aromatic N) is 2. The highest BCUT2D eigenvalue weighted by Gasteiger charge is 2.32. The van der Waals surface area contributed by atoms with E-state index in [9.17, 15) is 0 Å². The van der Waals surface area contributed by atoms with Gasteiger partial charge in [-0.05, 0) is 37.6 Å². The monoisotopic (exact) mass is 253 g/mol. The Morgan fingerprint density at radius 1 is 1.21 bits per heavy atom. The second kappa shape index (κ2) is 4.57. The van der Waals surface area contributed by atoms with Crippen LogP contribution >= 0.6 is 0 Å². The van der Waals surface area contributed by atoms with Crippen LogP contribution in [-0.2, 0) is 6.54 Å². The Kier molecular flexibility index (Phi) is 2.90. The predicted octanol–water partition coefficient (Wildman–Crippen LogP) is 3.29. The van der Waals surface area contributed by atoms with E-state index in [-0.39, 0.29) is 5.54 Å².